The molecule has 1 aromatic rings. The molecule has 0 spiro atoms. The van der Waals surface area contributed by atoms with Crippen LogP contribution in [0, 0.1) is 0 Å². The maximum atomic E-state index is 12.5. The zero-order valence-electron chi connectivity index (χ0n) is 11.4. The Balaban J connectivity index is 2.13. The van der Waals surface area contributed by atoms with E-state index in [1.54, 1.807) is 18.2 Å². The first-order valence-electron chi connectivity index (χ1n) is 6.92. The average molecular weight is 281 g/mol. The summed E-state index contributed by atoms with van der Waals surface area (Å²) in [7, 11) is 1.88. The van der Waals surface area contributed by atoms with Crippen LogP contribution in [0.5, 0.6) is 0 Å². The zero-order chi connectivity index (χ0) is 13.8. The van der Waals surface area contributed by atoms with Gasteiger partial charge in [0, 0.05) is 18.8 Å². The molecule has 19 heavy (non-hydrogen) atoms. The largest absolute Gasteiger partial charge is 0.399 e. The topological polar surface area (TPSA) is 46.3 Å². The lowest BCUT2D eigenvalue weighted by atomic mass is 10.1. The first kappa shape index (κ1) is 14.2. The van der Waals surface area contributed by atoms with Gasteiger partial charge in [-0.2, -0.15) is 0 Å². The molecule has 3 nitrogen and oxygen atoms in total. The van der Waals surface area contributed by atoms with Crippen LogP contribution in [0.25, 0.3) is 0 Å². The highest BCUT2D eigenvalue weighted by Crippen LogP contribution is 2.25. The van der Waals surface area contributed by atoms with Crippen LogP contribution >= 0.6 is 11.6 Å². The van der Waals surface area contributed by atoms with E-state index in [1.165, 1.54) is 25.7 Å². The summed E-state index contributed by atoms with van der Waals surface area (Å²) in [5, 5.41) is 0.436. The van der Waals surface area contributed by atoms with Crippen LogP contribution in [0.1, 0.15) is 48.9 Å². The lowest BCUT2D eigenvalue weighted by Gasteiger charge is -2.27. The van der Waals surface area contributed by atoms with Crippen LogP contribution in [-0.4, -0.2) is 23.9 Å². The van der Waals surface area contributed by atoms with Gasteiger partial charge in [-0.3, -0.25) is 4.79 Å². The Bertz CT molecular complexity index is 453. The lowest BCUT2D eigenvalue weighted by Crippen LogP contribution is -2.36. The van der Waals surface area contributed by atoms with Crippen molar-refractivity contribution in [2.75, 3.05) is 12.8 Å². The van der Waals surface area contributed by atoms with Crippen molar-refractivity contribution in [2.24, 2.45) is 0 Å². The molecule has 1 aliphatic rings. The van der Waals surface area contributed by atoms with Crippen molar-refractivity contribution in [2.45, 2.75) is 44.6 Å². The predicted octanol–water partition coefficient (Wildman–Crippen LogP) is 3.72. The van der Waals surface area contributed by atoms with E-state index in [4.69, 9.17) is 17.3 Å². The Kier molecular flexibility index (Phi) is 4.70. The molecule has 1 aliphatic carbocycles. The summed E-state index contributed by atoms with van der Waals surface area (Å²) in [4.78, 5) is 14.3. The second-order valence-corrected chi connectivity index (χ2v) is 5.71. The van der Waals surface area contributed by atoms with Crippen LogP contribution in [-0.2, 0) is 0 Å². The standard InChI is InChI=1S/C15H21ClN2O/c1-18(12-6-4-2-3-5-7-12)15(19)13-9-8-11(17)10-14(13)16/h8-10,12H,2-7,17H2,1H3. The summed E-state index contributed by atoms with van der Waals surface area (Å²) in [6.45, 7) is 0. The zero-order valence-corrected chi connectivity index (χ0v) is 12.1. The summed E-state index contributed by atoms with van der Waals surface area (Å²) in [6.07, 6.45) is 7.15. The third-order valence-corrected chi connectivity index (χ3v) is 4.23. The van der Waals surface area contributed by atoms with E-state index in [0.29, 0.717) is 22.3 Å². The molecule has 1 amide bonds. The number of nitrogen functional groups attached to an aromatic ring is 1. The number of hydrogen-bond donors (Lipinski definition) is 1. The maximum Gasteiger partial charge on any atom is 0.255 e. The third kappa shape index (κ3) is 3.41. The fourth-order valence-electron chi connectivity index (χ4n) is 2.71. The fraction of sp³-hybridized carbons (Fsp3) is 0.533. The normalized spacial score (nSPS) is 16.9. The van der Waals surface area contributed by atoms with Crippen molar-refractivity contribution < 1.29 is 4.79 Å². The van der Waals surface area contributed by atoms with E-state index in [1.807, 2.05) is 11.9 Å². The molecule has 1 aromatic carbocycles. The van der Waals surface area contributed by atoms with Crippen molar-refractivity contribution in [1.29, 1.82) is 0 Å². The minimum atomic E-state index is -0.00287. The molecular weight excluding hydrogens is 260 g/mol. The number of nitrogens with two attached hydrogens (primary N) is 1. The SMILES string of the molecule is CN(C(=O)c1ccc(N)cc1Cl)C1CCCCCC1. The molecule has 104 valence electrons. The van der Waals surface area contributed by atoms with E-state index in [2.05, 4.69) is 0 Å². The van der Waals surface area contributed by atoms with Gasteiger partial charge in [-0.25, -0.2) is 0 Å². The monoisotopic (exact) mass is 280 g/mol. The highest BCUT2D eigenvalue weighted by Gasteiger charge is 2.23. The molecule has 1 fully saturated rings. The number of rotatable bonds is 2. The molecule has 1 saturated carbocycles. The number of benzene rings is 1. The lowest BCUT2D eigenvalue weighted by molar-refractivity contribution is 0.0718. The molecule has 2 rings (SSSR count). The van der Waals surface area contributed by atoms with Crippen LogP contribution in [0.3, 0.4) is 0 Å². The van der Waals surface area contributed by atoms with E-state index in [0.717, 1.165) is 12.8 Å². The first-order valence-corrected chi connectivity index (χ1v) is 7.29. The number of amides is 1. The van der Waals surface area contributed by atoms with Gasteiger partial charge in [0.25, 0.3) is 5.91 Å². The summed E-state index contributed by atoms with van der Waals surface area (Å²) >= 11 is 6.11. The predicted molar refractivity (Wildman–Crippen MR) is 79.4 cm³/mol. The second kappa shape index (κ2) is 6.29. The van der Waals surface area contributed by atoms with E-state index in [-0.39, 0.29) is 5.91 Å². The van der Waals surface area contributed by atoms with E-state index < -0.39 is 0 Å². The number of halogens is 1. The summed E-state index contributed by atoms with van der Waals surface area (Å²) in [5.41, 5.74) is 6.78. The Hall–Kier alpha value is -1.22. The number of anilines is 1. The summed E-state index contributed by atoms with van der Waals surface area (Å²) in [5.74, 6) is -0.00287. The minimum absolute atomic E-state index is 0.00287. The molecule has 0 heterocycles. The smallest absolute Gasteiger partial charge is 0.255 e. The van der Waals surface area contributed by atoms with Crippen LogP contribution in [0.2, 0.25) is 5.02 Å². The number of carbonyl (C=O) groups excluding carboxylic acids is 1. The molecule has 2 N–H and O–H groups in total. The fourth-order valence-corrected chi connectivity index (χ4v) is 2.98. The van der Waals surface area contributed by atoms with Gasteiger partial charge >= 0.3 is 0 Å². The third-order valence-electron chi connectivity index (χ3n) is 3.92. The van der Waals surface area contributed by atoms with Crippen molar-refractivity contribution >= 4 is 23.2 Å². The molecular formula is C15H21ClN2O. The van der Waals surface area contributed by atoms with Crippen molar-refractivity contribution in [3.05, 3.63) is 28.8 Å². The van der Waals surface area contributed by atoms with E-state index >= 15 is 0 Å². The quantitative estimate of drug-likeness (QED) is 0.663. The molecule has 0 aromatic heterocycles. The number of nitrogens with zero attached hydrogens (tertiary/aromatic N) is 1. The van der Waals surface area contributed by atoms with Gasteiger partial charge in [-0.05, 0) is 31.0 Å². The summed E-state index contributed by atoms with van der Waals surface area (Å²) < 4.78 is 0. The Morgan fingerprint density at radius 3 is 2.47 bits per heavy atom. The Labute approximate surface area is 119 Å². The minimum Gasteiger partial charge on any atom is -0.399 e. The molecule has 0 atom stereocenters. The van der Waals surface area contributed by atoms with Crippen LogP contribution in [0.15, 0.2) is 18.2 Å². The van der Waals surface area contributed by atoms with E-state index in [9.17, 15) is 4.79 Å². The average Bonchev–Trinajstić information content (AvgIpc) is 2.66. The van der Waals surface area contributed by atoms with Gasteiger partial charge in [0.05, 0.1) is 10.6 Å². The van der Waals surface area contributed by atoms with Crippen molar-refractivity contribution in [1.82, 2.24) is 4.90 Å². The molecule has 0 saturated heterocycles. The molecule has 0 aliphatic heterocycles. The van der Waals surface area contributed by atoms with Gasteiger partial charge < -0.3 is 10.6 Å². The number of carbonyl (C=O) groups is 1. The van der Waals surface area contributed by atoms with Gasteiger partial charge in [0.2, 0.25) is 0 Å². The first-order chi connectivity index (χ1) is 9.09. The maximum absolute atomic E-state index is 12.5. The Morgan fingerprint density at radius 2 is 1.89 bits per heavy atom. The molecule has 0 unspecified atom stereocenters. The second-order valence-electron chi connectivity index (χ2n) is 5.30. The molecule has 0 bridgehead atoms. The highest BCUT2D eigenvalue weighted by atomic mass is 35.5. The molecule has 4 heteroatoms. The van der Waals surface area contributed by atoms with Crippen molar-refractivity contribution in [3.8, 4) is 0 Å². The summed E-state index contributed by atoms with van der Waals surface area (Å²) in [6, 6.07) is 5.41. The van der Waals surface area contributed by atoms with Crippen LogP contribution in [0.4, 0.5) is 5.69 Å². The molecule has 0 radical (unpaired) electrons. The van der Waals surface area contributed by atoms with Gasteiger partial charge in [0.15, 0.2) is 0 Å². The Morgan fingerprint density at radius 1 is 1.26 bits per heavy atom. The number of hydrogen-bond acceptors (Lipinski definition) is 2. The van der Waals surface area contributed by atoms with Crippen molar-refractivity contribution in [3.63, 3.8) is 0 Å². The highest BCUT2D eigenvalue weighted by molar-refractivity contribution is 6.34. The van der Waals surface area contributed by atoms with Crippen LogP contribution < -0.4 is 5.73 Å². The van der Waals surface area contributed by atoms with Gasteiger partial charge in [0.1, 0.15) is 0 Å². The van der Waals surface area contributed by atoms with Gasteiger partial charge in [-0.15, -0.1) is 0 Å². The van der Waals surface area contributed by atoms with Gasteiger partial charge in [-0.1, -0.05) is 37.3 Å².